The Hall–Kier alpha value is -0.130. The molecule has 0 amide bonds. The van der Waals surface area contributed by atoms with E-state index in [0.717, 1.165) is 5.56 Å². The third-order valence-corrected chi connectivity index (χ3v) is 5.39. The third kappa shape index (κ3) is 2.18. The van der Waals surface area contributed by atoms with E-state index >= 15 is 0 Å². The molecule has 66 valence electrons. The Balaban J connectivity index is 3.14. The Kier molecular flexibility index (Phi) is 3.09. The maximum atomic E-state index is 11.2. The first-order chi connectivity index (χ1) is 5.56. The highest BCUT2D eigenvalue weighted by Crippen LogP contribution is 2.25. The maximum Gasteiger partial charge on any atom is 0.239 e. The number of thiol groups is 1. The summed E-state index contributed by atoms with van der Waals surface area (Å²) >= 11 is 3.67. The molecule has 0 radical (unpaired) electrons. The van der Waals surface area contributed by atoms with Crippen LogP contribution in [-0.4, -0.2) is 8.42 Å². The van der Waals surface area contributed by atoms with Crippen molar-refractivity contribution in [3.8, 4) is 0 Å². The van der Waals surface area contributed by atoms with Crippen LogP contribution in [0.2, 0.25) is 0 Å². The van der Waals surface area contributed by atoms with Crippen molar-refractivity contribution >= 4 is 30.4 Å². The van der Waals surface area contributed by atoms with Crippen molar-refractivity contribution in [1.82, 2.24) is 0 Å². The van der Waals surface area contributed by atoms with Crippen molar-refractivity contribution in [2.24, 2.45) is 0 Å². The molecule has 1 rings (SSSR count). The van der Waals surface area contributed by atoms with E-state index in [1.54, 1.807) is 24.3 Å². The minimum absolute atomic E-state index is 0.299. The second-order valence-electron chi connectivity index (χ2n) is 2.34. The van der Waals surface area contributed by atoms with Crippen molar-refractivity contribution in [2.45, 2.75) is 11.8 Å². The van der Waals surface area contributed by atoms with Crippen molar-refractivity contribution in [1.29, 1.82) is 0 Å². The molecule has 5 heteroatoms. The van der Waals surface area contributed by atoms with Crippen LogP contribution < -0.4 is 0 Å². The fourth-order valence-electron chi connectivity index (χ4n) is 0.748. The van der Waals surface area contributed by atoms with Gasteiger partial charge >= 0.3 is 0 Å². The van der Waals surface area contributed by atoms with Gasteiger partial charge in [0.15, 0.2) is 0 Å². The van der Waals surface area contributed by atoms with Gasteiger partial charge in [-0.1, -0.05) is 29.4 Å². The SMILES string of the molecule is Cc1ccc(S(=O)(=O)SS)cc1. The summed E-state index contributed by atoms with van der Waals surface area (Å²) < 4.78 is 22.4. The van der Waals surface area contributed by atoms with Gasteiger partial charge in [0.1, 0.15) is 0 Å². The van der Waals surface area contributed by atoms with Gasteiger partial charge in [-0.05, 0) is 19.1 Å². The van der Waals surface area contributed by atoms with Gasteiger partial charge in [-0.3, -0.25) is 0 Å². The predicted octanol–water partition coefficient (Wildman–Crippen LogP) is 2.26. The van der Waals surface area contributed by atoms with Crippen LogP contribution in [0.15, 0.2) is 29.2 Å². The van der Waals surface area contributed by atoms with E-state index < -0.39 is 8.87 Å². The molecule has 0 saturated carbocycles. The van der Waals surface area contributed by atoms with E-state index in [0.29, 0.717) is 14.7 Å². The smallest absolute Gasteiger partial charge is 0.211 e. The predicted molar refractivity (Wildman–Crippen MR) is 54.9 cm³/mol. The Morgan fingerprint density at radius 1 is 1.25 bits per heavy atom. The zero-order valence-electron chi connectivity index (χ0n) is 6.39. The molecule has 12 heavy (non-hydrogen) atoms. The van der Waals surface area contributed by atoms with Gasteiger partial charge in [0, 0.05) is 9.83 Å². The highest BCUT2D eigenvalue weighted by Gasteiger charge is 2.11. The monoisotopic (exact) mass is 220 g/mol. The lowest BCUT2D eigenvalue weighted by molar-refractivity contribution is 0.611. The molecule has 0 aliphatic rings. The molecule has 0 spiro atoms. The molecule has 0 aliphatic heterocycles. The summed E-state index contributed by atoms with van der Waals surface area (Å²) in [5.41, 5.74) is 1.04. The van der Waals surface area contributed by atoms with Crippen LogP contribution in [0.1, 0.15) is 5.56 Å². The fraction of sp³-hybridized carbons (Fsp3) is 0.143. The Morgan fingerprint density at radius 3 is 2.17 bits per heavy atom. The Bertz CT molecular complexity index is 353. The van der Waals surface area contributed by atoms with Gasteiger partial charge in [0.25, 0.3) is 0 Å². The summed E-state index contributed by atoms with van der Waals surface area (Å²) in [5, 5.41) is 0. The summed E-state index contributed by atoms with van der Waals surface area (Å²) in [4.78, 5) is 0.299. The van der Waals surface area contributed by atoms with E-state index in [9.17, 15) is 8.42 Å². The van der Waals surface area contributed by atoms with Crippen LogP contribution in [0.3, 0.4) is 0 Å². The minimum Gasteiger partial charge on any atom is -0.211 e. The number of hydrogen-bond acceptors (Lipinski definition) is 4. The molecular formula is C7H8O2S3. The van der Waals surface area contributed by atoms with E-state index in [1.807, 2.05) is 6.92 Å². The van der Waals surface area contributed by atoms with E-state index in [2.05, 4.69) is 11.7 Å². The lowest BCUT2D eigenvalue weighted by atomic mass is 10.2. The quantitative estimate of drug-likeness (QED) is 0.613. The summed E-state index contributed by atoms with van der Waals surface area (Å²) in [7, 11) is -2.68. The summed E-state index contributed by atoms with van der Waals surface area (Å²) in [6.07, 6.45) is 0. The second kappa shape index (κ2) is 3.72. The van der Waals surface area contributed by atoms with Crippen LogP contribution in [0.4, 0.5) is 0 Å². The standard InChI is InChI=1S/C7H8O2S3/c1-6-2-4-7(5-3-6)12(8,9)11-10/h2-5,10H,1H3. The van der Waals surface area contributed by atoms with Gasteiger partial charge in [-0.15, -0.1) is 0 Å². The molecule has 0 bridgehead atoms. The average molecular weight is 220 g/mol. The third-order valence-electron chi connectivity index (χ3n) is 1.41. The fourth-order valence-corrected chi connectivity index (χ4v) is 2.67. The zero-order chi connectivity index (χ0) is 9.19. The van der Waals surface area contributed by atoms with Crippen molar-refractivity contribution in [3.05, 3.63) is 29.8 Å². The van der Waals surface area contributed by atoms with Crippen LogP contribution in [0.25, 0.3) is 0 Å². The van der Waals surface area contributed by atoms with Gasteiger partial charge in [-0.25, -0.2) is 8.42 Å². The van der Waals surface area contributed by atoms with E-state index in [1.165, 1.54) is 0 Å². The van der Waals surface area contributed by atoms with E-state index in [4.69, 9.17) is 0 Å². The first-order valence-electron chi connectivity index (χ1n) is 3.21. The van der Waals surface area contributed by atoms with Crippen LogP contribution in [0.5, 0.6) is 0 Å². The molecule has 1 aromatic rings. The van der Waals surface area contributed by atoms with Crippen LogP contribution >= 0.6 is 21.5 Å². The first-order valence-corrected chi connectivity index (χ1v) is 7.08. The summed E-state index contributed by atoms with van der Waals surface area (Å²) in [5.74, 6) is 0. The Morgan fingerprint density at radius 2 is 1.75 bits per heavy atom. The molecule has 0 saturated heterocycles. The van der Waals surface area contributed by atoms with Gasteiger partial charge in [0.2, 0.25) is 8.87 Å². The molecule has 0 aliphatic carbocycles. The first kappa shape index (κ1) is 9.95. The lowest BCUT2D eigenvalue weighted by Crippen LogP contribution is -1.91. The molecule has 0 aromatic heterocycles. The molecule has 0 heterocycles. The average Bonchev–Trinajstić information content (AvgIpc) is 2.05. The highest BCUT2D eigenvalue weighted by atomic mass is 33.5. The molecule has 0 fully saturated rings. The summed E-state index contributed by atoms with van der Waals surface area (Å²) in [6, 6.07) is 6.68. The molecule has 0 atom stereocenters. The number of aryl methyl sites for hydroxylation is 1. The zero-order valence-corrected chi connectivity index (χ0v) is 8.92. The molecule has 0 unspecified atom stereocenters. The summed E-state index contributed by atoms with van der Waals surface area (Å²) in [6.45, 7) is 1.91. The van der Waals surface area contributed by atoms with Gasteiger partial charge < -0.3 is 0 Å². The van der Waals surface area contributed by atoms with Crippen LogP contribution in [-0.2, 0) is 8.87 Å². The topological polar surface area (TPSA) is 34.1 Å². The molecule has 0 N–H and O–H groups in total. The number of benzene rings is 1. The Labute approximate surface area is 80.5 Å². The second-order valence-corrected chi connectivity index (χ2v) is 6.98. The molecule has 1 aromatic carbocycles. The number of rotatable bonds is 2. The number of hydrogen-bond donors (Lipinski definition) is 1. The van der Waals surface area contributed by atoms with Crippen molar-refractivity contribution in [2.75, 3.05) is 0 Å². The normalized spacial score (nSPS) is 11.5. The largest absolute Gasteiger partial charge is 0.239 e. The van der Waals surface area contributed by atoms with Crippen molar-refractivity contribution in [3.63, 3.8) is 0 Å². The molecular weight excluding hydrogens is 212 g/mol. The van der Waals surface area contributed by atoms with Gasteiger partial charge in [-0.2, -0.15) is 0 Å². The van der Waals surface area contributed by atoms with Crippen molar-refractivity contribution < 1.29 is 8.42 Å². The maximum absolute atomic E-state index is 11.2. The highest BCUT2D eigenvalue weighted by molar-refractivity contribution is 9.02. The molecule has 2 nitrogen and oxygen atoms in total. The van der Waals surface area contributed by atoms with Gasteiger partial charge in [0.05, 0.1) is 4.90 Å². The van der Waals surface area contributed by atoms with Crippen LogP contribution in [0, 0.1) is 6.92 Å². The minimum atomic E-state index is -3.23. The lowest BCUT2D eigenvalue weighted by Gasteiger charge is -1.98. The van der Waals surface area contributed by atoms with E-state index in [-0.39, 0.29) is 0 Å².